The van der Waals surface area contributed by atoms with E-state index in [2.05, 4.69) is 10.3 Å². The van der Waals surface area contributed by atoms with Gasteiger partial charge in [0.15, 0.2) is 11.6 Å². The quantitative estimate of drug-likeness (QED) is 0.470. The Balaban J connectivity index is 2.77. The predicted octanol–water partition coefficient (Wildman–Crippen LogP) is 1.04. The van der Waals surface area contributed by atoms with Gasteiger partial charge in [0.1, 0.15) is 0 Å². The predicted molar refractivity (Wildman–Crippen MR) is 63.2 cm³/mol. The molecule has 0 radical (unpaired) electrons. The van der Waals surface area contributed by atoms with Gasteiger partial charge >= 0.3 is 0 Å². The largest absolute Gasteiger partial charge is 0.465 e. The molecule has 0 saturated carbocycles. The number of benzene rings is 1. The van der Waals surface area contributed by atoms with E-state index in [0.29, 0.717) is 6.41 Å². The summed E-state index contributed by atoms with van der Waals surface area (Å²) in [6.45, 7) is 0.0596. The molecule has 0 unspecified atom stereocenters. The third kappa shape index (κ3) is 3.69. The maximum Gasteiger partial charge on any atom is 0.281 e. The number of carbonyl (C=O) groups is 1. The summed E-state index contributed by atoms with van der Waals surface area (Å²) in [6.07, 6.45) is 0.488. The number of nitrogens with one attached hydrogen (secondary N) is 1. The van der Waals surface area contributed by atoms with E-state index in [1.54, 1.807) is 0 Å². The molecule has 98 valence electrons. The van der Waals surface area contributed by atoms with Gasteiger partial charge in [-0.1, -0.05) is 0 Å². The second-order valence-electron chi connectivity index (χ2n) is 3.35. The first kappa shape index (κ1) is 13.9. The van der Waals surface area contributed by atoms with E-state index in [1.165, 1.54) is 13.1 Å². The van der Waals surface area contributed by atoms with Crippen molar-refractivity contribution < 1.29 is 18.3 Å². The normalized spacial score (nSPS) is 11.2. The molecule has 3 N–H and O–H groups in total. The Hall–Kier alpha value is -2.18. The molecule has 0 aromatic heterocycles. The minimum absolute atomic E-state index is 0.0296. The number of ether oxygens (including phenoxy) is 1. The number of halogens is 2. The number of amides is 1. The molecule has 0 aliphatic rings. The third-order valence-electron chi connectivity index (χ3n) is 2.17. The van der Waals surface area contributed by atoms with Gasteiger partial charge in [-0.25, -0.2) is 13.8 Å². The molecule has 0 fully saturated rings. The summed E-state index contributed by atoms with van der Waals surface area (Å²) in [6, 6.07) is 2.20. The Labute approximate surface area is 103 Å². The van der Waals surface area contributed by atoms with Crippen molar-refractivity contribution in [3.05, 3.63) is 29.3 Å². The van der Waals surface area contributed by atoms with Crippen LogP contribution < -0.4 is 11.1 Å². The zero-order valence-electron chi connectivity index (χ0n) is 9.74. The van der Waals surface area contributed by atoms with Gasteiger partial charge in [0.25, 0.3) is 6.02 Å². The molecule has 1 aromatic carbocycles. The van der Waals surface area contributed by atoms with Gasteiger partial charge in [-0.3, -0.25) is 4.79 Å². The first-order valence-corrected chi connectivity index (χ1v) is 5.11. The van der Waals surface area contributed by atoms with Crippen molar-refractivity contribution in [2.75, 3.05) is 19.0 Å². The van der Waals surface area contributed by atoms with Crippen LogP contribution in [0, 0.1) is 11.6 Å². The lowest BCUT2D eigenvalue weighted by atomic mass is 10.1. The first-order valence-electron chi connectivity index (χ1n) is 5.11. The van der Waals surface area contributed by atoms with Gasteiger partial charge in [0.05, 0.1) is 6.61 Å². The maximum absolute atomic E-state index is 13.4. The molecule has 0 saturated heterocycles. The summed E-state index contributed by atoms with van der Waals surface area (Å²) in [5, 5.41) is 2.25. The maximum atomic E-state index is 13.4. The second-order valence-corrected chi connectivity index (χ2v) is 3.35. The second kappa shape index (κ2) is 6.53. The third-order valence-corrected chi connectivity index (χ3v) is 2.17. The average molecular weight is 257 g/mol. The summed E-state index contributed by atoms with van der Waals surface area (Å²) in [7, 11) is 1.45. The number of nitrogens with two attached hydrogens (primary N) is 1. The SMILES string of the molecule is CN=C(N)OCCc1cc(NC=O)cc(F)c1F. The van der Waals surface area contributed by atoms with Crippen LogP contribution in [0.25, 0.3) is 0 Å². The van der Waals surface area contributed by atoms with Crippen LogP contribution in [0.15, 0.2) is 17.1 Å². The highest BCUT2D eigenvalue weighted by Crippen LogP contribution is 2.18. The molecule has 0 aliphatic heterocycles. The lowest BCUT2D eigenvalue weighted by Gasteiger charge is -2.08. The fraction of sp³-hybridized carbons (Fsp3) is 0.273. The zero-order chi connectivity index (χ0) is 13.5. The summed E-state index contributed by atoms with van der Waals surface area (Å²) < 4.78 is 31.6. The van der Waals surface area contributed by atoms with Gasteiger partial charge in [-0.05, 0) is 11.6 Å². The molecule has 1 aromatic rings. The van der Waals surface area contributed by atoms with Gasteiger partial charge < -0.3 is 15.8 Å². The topological polar surface area (TPSA) is 76.7 Å². The fourth-order valence-electron chi connectivity index (χ4n) is 1.31. The van der Waals surface area contributed by atoms with Crippen molar-refractivity contribution in [1.29, 1.82) is 0 Å². The number of carbonyl (C=O) groups excluding carboxylic acids is 1. The Kier molecular flexibility index (Phi) is 5.04. The molecular formula is C11H13F2N3O2. The van der Waals surface area contributed by atoms with E-state index in [1.807, 2.05) is 0 Å². The lowest BCUT2D eigenvalue weighted by Crippen LogP contribution is -2.17. The Bertz CT molecular complexity index is 464. The number of amidine groups is 1. The van der Waals surface area contributed by atoms with E-state index >= 15 is 0 Å². The van der Waals surface area contributed by atoms with Crippen LogP contribution in [0.1, 0.15) is 5.56 Å². The van der Waals surface area contributed by atoms with Gasteiger partial charge in [0, 0.05) is 25.2 Å². The van der Waals surface area contributed by atoms with Crippen molar-refractivity contribution >= 4 is 18.1 Å². The fourth-order valence-corrected chi connectivity index (χ4v) is 1.31. The van der Waals surface area contributed by atoms with Gasteiger partial charge in [-0.2, -0.15) is 0 Å². The van der Waals surface area contributed by atoms with Crippen LogP contribution in [0.5, 0.6) is 0 Å². The smallest absolute Gasteiger partial charge is 0.281 e. The van der Waals surface area contributed by atoms with Crippen molar-refractivity contribution in [3.8, 4) is 0 Å². The zero-order valence-corrected chi connectivity index (χ0v) is 9.74. The van der Waals surface area contributed by atoms with Crippen LogP contribution in [0.3, 0.4) is 0 Å². The highest BCUT2D eigenvalue weighted by Gasteiger charge is 2.11. The number of rotatable bonds is 5. The van der Waals surface area contributed by atoms with E-state index < -0.39 is 11.6 Å². The number of hydrogen-bond acceptors (Lipinski definition) is 3. The molecular weight excluding hydrogens is 244 g/mol. The van der Waals surface area contributed by atoms with E-state index in [-0.39, 0.29) is 30.3 Å². The summed E-state index contributed by atoms with van der Waals surface area (Å²) in [5.41, 5.74) is 5.55. The summed E-state index contributed by atoms with van der Waals surface area (Å²) in [4.78, 5) is 13.8. The molecule has 0 aliphatic carbocycles. The monoisotopic (exact) mass is 257 g/mol. The Morgan fingerprint density at radius 2 is 2.28 bits per heavy atom. The van der Waals surface area contributed by atoms with Crippen LogP contribution in [0.4, 0.5) is 14.5 Å². The molecule has 1 amide bonds. The standard InChI is InChI=1S/C11H13F2N3O2/c1-15-11(14)18-3-2-7-4-8(16-6-17)5-9(12)10(7)13/h4-6H,2-3H2,1H3,(H2,14,15)(H,16,17). The minimum atomic E-state index is -1.03. The number of aliphatic imine (C=N–C) groups is 1. The molecule has 0 spiro atoms. The van der Waals surface area contributed by atoms with E-state index in [4.69, 9.17) is 10.5 Å². The molecule has 5 nitrogen and oxygen atoms in total. The molecule has 7 heteroatoms. The highest BCUT2D eigenvalue weighted by molar-refractivity contribution is 5.72. The molecule has 1 rings (SSSR count). The van der Waals surface area contributed by atoms with Crippen molar-refractivity contribution in [2.24, 2.45) is 10.7 Å². The Morgan fingerprint density at radius 1 is 1.56 bits per heavy atom. The number of hydrogen-bond donors (Lipinski definition) is 2. The van der Waals surface area contributed by atoms with Crippen LogP contribution in [0.2, 0.25) is 0 Å². The van der Waals surface area contributed by atoms with Crippen LogP contribution in [-0.4, -0.2) is 26.1 Å². The lowest BCUT2D eigenvalue weighted by molar-refractivity contribution is -0.105. The summed E-state index contributed by atoms with van der Waals surface area (Å²) >= 11 is 0. The minimum Gasteiger partial charge on any atom is -0.465 e. The number of anilines is 1. The van der Waals surface area contributed by atoms with Crippen molar-refractivity contribution in [3.63, 3.8) is 0 Å². The van der Waals surface area contributed by atoms with Crippen molar-refractivity contribution in [2.45, 2.75) is 6.42 Å². The van der Waals surface area contributed by atoms with Crippen LogP contribution >= 0.6 is 0 Å². The van der Waals surface area contributed by atoms with Crippen molar-refractivity contribution in [1.82, 2.24) is 0 Å². The molecule has 18 heavy (non-hydrogen) atoms. The van der Waals surface area contributed by atoms with E-state index in [0.717, 1.165) is 6.07 Å². The summed E-state index contributed by atoms with van der Waals surface area (Å²) in [5.74, 6) is -2.00. The molecule has 0 heterocycles. The van der Waals surface area contributed by atoms with E-state index in [9.17, 15) is 13.6 Å². The Morgan fingerprint density at radius 3 is 2.89 bits per heavy atom. The molecule has 0 bridgehead atoms. The average Bonchev–Trinajstić information content (AvgIpc) is 2.35. The van der Waals surface area contributed by atoms with Gasteiger partial charge in [-0.15, -0.1) is 0 Å². The molecule has 0 atom stereocenters. The first-order chi connectivity index (χ1) is 8.58. The highest BCUT2D eigenvalue weighted by atomic mass is 19.2. The van der Waals surface area contributed by atoms with Gasteiger partial charge in [0.2, 0.25) is 6.41 Å². The van der Waals surface area contributed by atoms with Crippen LogP contribution in [-0.2, 0) is 16.0 Å². The number of nitrogens with zero attached hydrogens (tertiary/aromatic N) is 1.